The molecule has 10 rings (SSSR count). The van der Waals surface area contributed by atoms with Crippen molar-refractivity contribution in [2.45, 2.75) is 94.8 Å². The third kappa shape index (κ3) is 5.58. The van der Waals surface area contributed by atoms with Gasteiger partial charge < -0.3 is 4.90 Å². The summed E-state index contributed by atoms with van der Waals surface area (Å²) in [4.78, 5) is 2.51. The Morgan fingerprint density at radius 3 is 1.81 bits per heavy atom. The van der Waals surface area contributed by atoms with Gasteiger partial charge in [0.15, 0.2) is 0 Å². The maximum absolute atomic E-state index is 2.51. The Kier molecular flexibility index (Phi) is 7.97. The van der Waals surface area contributed by atoms with Gasteiger partial charge in [-0.25, -0.2) is 0 Å². The van der Waals surface area contributed by atoms with Crippen LogP contribution in [-0.2, 0) is 10.8 Å². The monoisotopic (exact) mass is 689 g/mol. The van der Waals surface area contributed by atoms with E-state index in [9.17, 15) is 0 Å². The Labute approximate surface area is 316 Å². The maximum atomic E-state index is 2.51. The molecule has 4 aliphatic carbocycles. The summed E-state index contributed by atoms with van der Waals surface area (Å²) >= 11 is 0. The summed E-state index contributed by atoms with van der Waals surface area (Å²) in [6, 6.07) is 53.4. The third-order valence-corrected chi connectivity index (χ3v) is 13.9. The molecule has 0 radical (unpaired) electrons. The molecular weight excluding hydrogens is 639 g/mol. The summed E-state index contributed by atoms with van der Waals surface area (Å²) < 4.78 is 0. The van der Waals surface area contributed by atoms with Gasteiger partial charge in [-0.15, -0.1) is 0 Å². The molecule has 1 nitrogen and oxygen atoms in total. The highest BCUT2D eigenvalue weighted by molar-refractivity contribution is 5.90. The lowest BCUT2D eigenvalue weighted by molar-refractivity contribution is 0.419. The molecule has 0 unspecified atom stereocenters. The van der Waals surface area contributed by atoms with Crippen molar-refractivity contribution in [1.82, 2.24) is 0 Å². The van der Waals surface area contributed by atoms with Gasteiger partial charge in [0.1, 0.15) is 0 Å². The average Bonchev–Trinajstić information content (AvgIpc) is 3.91. The number of fused-ring (bicyclic) bond motifs is 5. The van der Waals surface area contributed by atoms with E-state index in [1.54, 1.807) is 5.56 Å². The molecule has 0 heterocycles. The molecule has 0 amide bonds. The maximum Gasteiger partial charge on any atom is 0.0465 e. The normalized spacial score (nSPS) is 21.4. The molecule has 264 valence electrons. The minimum atomic E-state index is -0.156. The van der Waals surface area contributed by atoms with Crippen LogP contribution in [0.4, 0.5) is 17.1 Å². The fourth-order valence-corrected chi connectivity index (χ4v) is 11.1. The molecule has 0 atom stereocenters. The van der Waals surface area contributed by atoms with Crippen LogP contribution >= 0.6 is 0 Å². The molecule has 3 saturated carbocycles. The number of hydrogen-bond donors (Lipinski definition) is 0. The summed E-state index contributed by atoms with van der Waals surface area (Å²) in [5.74, 6) is 1.65. The van der Waals surface area contributed by atoms with Crippen molar-refractivity contribution in [3.8, 4) is 33.4 Å². The van der Waals surface area contributed by atoms with Gasteiger partial charge >= 0.3 is 0 Å². The Bertz CT molecular complexity index is 2240. The van der Waals surface area contributed by atoms with Crippen LogP contribution in [0.2, 0.25) is 0 Å². The van der Waals surface area contributed by atoms with E-state index in [1.165, 1.54) is 131 Å². The average molecular weight is 690 g/mol. The second-order valence-corrected chi connectivity index (χ2v) is 17.3. The standard InChI is InChI=1S/C52H51N/c1-51(2)49-34-45(28-29-47(49)48-15-9-14-46(50(48)51)41-18-16-39(17-19-41)37-10-5-3-6-11-37)53(43-24-20-40(21-25-43)38-12-7-4-8-13-38)44-26-22-42(23-27-44)52-32-30-36(35-52)31-33-52/h3,5-6,9-11,14-29,34,36,38H,4,7-8,12-13,30-33,35H2,1-2H3. The smallest absolute Gasteiger partial charge is 0.0465 e. The van der Waals surface area contributed by atoms with E-state index in [-0.39, 0.29) is 5.41 Å². The Morgan fingerprint density at radius 2 is 1.13 bits per heavy atom. The minimum absolute atomic E-state index is 0.156. The van der Waals surface area contributed by atoms with Gasteiger partial charge in [-0.2, -0.15) is 0 Å². The number of anilines is 3. The summed E-state index contributed by atoms with van der Waals surface area (Å²) in [6.07, 6.45) is 13.7. The van der Waals surface area contributed by atoms with Crippen LogP contribution in [0.3, 0.4) is 0 Å². The topological polar surface area (TPSA) is 3.24 Å². The van der Waals surface area contributed by atoms with Crippen LogP contribution in [0.15, 0.2) is 140 Å². The molecule has 1 heteroatoms. The molecule has 3 fully saturated rings. The molecule has 0 aliphatic heterocycles. The summed E-state index contributed by atoms with van der Waals surface area (Å²) in [5, 5.41) is 0. The highest BCUT2D eigenvalue weighted by Gasteiger charge is 2.45. The molecule has 53 heavy (non-hydrogen) atoms. The van der Waals surface area contributed by atoms with E-state index in [1.807, 2.05) is 0 Å². The van der Waals surface area contributed by atoms with Crippen molar-refractivity contribution < 1.29 is 0 Å². The SMILES string of the molecule is CC1(C)c2cc(N(c3ccc(C4CCCCC4)cc3)c3ccc(C45CCC(CC4)C5)cc3)ccc2-c2cccc(-c3ccc(-c4ccccc4)cc3)c21. The summed E-state index contributed by atoms with van der Waals surface area (Å²) in [5.41, 5.74) is 17.7. The zero-order valence-corrected chi connectivity index (χ0v) is 31.5. The predicted molar refractivity (Wildman–Crippen MR) is 224 cm³/mol. The molecular formula is C52H51N. The van der Waals surface area contributed by atoms with Gasteiger partial charge in [-0.3, -0.25) is 0 Å². The van der Waals surface area contributed by atoms with Gasteiger partial charge in [-0.05, 0) is 154 Å². The number of benzene rings is 6. The van der Waals surface area contributed by atoms with Crippen LogP contribution < -0.4 is 4.90 Å². The fourth-order valence-electron chi connectivity index (χ4n) is 11.1. The molecule has 6 aromatic rings. The van der Waals surface area contributed by atoms with Crippen LogP contribution in [0.5, 0.6) is 0 Å². The van der Waals surface area contributed by atoms with E-state index in [2.05, 4.69) is 158 Å². The summed E-state index contributed by atoms with van der Waals surface area (Å²) in [6.45, 7) is 4.86. The largest absolute Gasteiger partial charge is 0.310 e. The zero-order valence-electron chi connectivity index (χ0n) is 31.5. The predicted octanol–water partition coefficient (Wildman–Crippen LogP) is 14.7. The first kappa shape index (κ1) is 32.7. The molecule has 0 saturated heterocycles. The highest BCUT2D eigenvalue weighted by atomic mass is 15.1. The lowest BCUT2D eigenvalue weighted by atomic mass is 9.77. The number of nitrogens with zero attached hydrogens (tertiary/aromatic N) is 1. The lowest BCUT2D eigenvalue weighted by Gasteiger charge is -2.31. The van der Waals surface area contributed by atoms with Gasteiger partial charge in [0.25, 0.3) is 0 Å². The molecule has 2 bridgehead atoms. The van der Waals surface area contributed by atoms with E-state index in [0.29, 0.717) is 11.3 Å². The first-order valence-electron chi connectivity index (χ1n) is 20.4. The van der Waals surface area contributed by atoms with Crippen molar-refractivity contribution in [2.75, 3.05) is 4.90 Å². The Hall–Kier alpha value is -4.88. The van der Waals surface area contributed by atoms with Crippen molar-refractivity contribution in [3.63, 3.8) is 0 Å². The van der Waals surface area contributed by atoms with Gasteiger partial charge in [0.05, 0.1) is 0 Å². The van der Waals surface area contributed by atoms with Crippen molar-refractivity contribution in [1.29, 1.82) is 0 Å². The van der Waals surface area contributed by atoms with Crippen LogP contribution in [0.1, 0.15) is 106 Å². The molecule has 4 aliphatic rings. The molecule has 6 aromatic carbocycles. The molecule has 0 spiro atoms. The Morgan fingerprint density at radius 1 is 0.509 bits per heavy atom. The van der Waals surface area contributed by atoms with Crippen molar-refractivity contribution in [2.24, 2.45) is 5.92 Å². The van der Waals surface area contributed by atoms with Crippen LogP contribution in [0, 0.1) is 5.92 Å². The van der Waals surface area contributed by atoms with Gasteiger partial charge in [0, 0.05) is 22.5 Å². The molecule has 0 aromatic heterocycles. The second kappa shape index (κ2) is 12.9. The first-order valence-corrected chi connectivity index (χ1v) is 20.4. The number of hydrogen-bond acceptors (Lipinski definition) is 1. The minimum Gasteiger partial charge on any atom is -0.310 e. The zero-order chi connectivity index (χ0) is 35.6. The lowest BCUT2D eigenvalue weighted by Crippen LogP contribution is -2.20. The fraction of sp³-hybridized carbons (Fsp3) is 0.308. The van der Waals surface area contributed by atoms with Gasteiger partial charge in [0.2, 0.25) is 0 Å². The van der Waals surface area contributed by atoms with E-state index >= 15 is 0 Å². The van der Waals surface area contributed by atoms with Crippen LogP contribution in [0.25, 0.3) is 33.4 Å². The number of rotatable bonds is 7. The highest BCUT2D eigenvalue weighted by Crippen LogP contribution is 2.56. The third-order valence-electron chi connectivity index (χ3n) is 13.9. The Balaban J connectivity index is 1.03. The van der Waals surface area contributed by atoms with Crippen molar-refractivity contribution in [3.05, 3.63) is 162 Å². The van der Waals surface area contributed by atoms with Crippen molar-refractivity contribution >= 4 is 17.1 Å². The van der Waals surface area contributed by atoms with Crippen LogP contribution in [-0.4, -0.2) is 0 Å². The second-order valence-electron chi connectivity index (χ2n) is 17.3. The van der Waals surface area contributed by atoms with Gasteiger partial charge in [-0.1, -0.05) is 136 Å². The molecule has 0 N–H and O–H groups in total. The van der Waals surface area contributed by atoms with E-state index < -0.39 is 0 Å². The van der Waals surface area contributed by atoms with E-state index in [4.69, 9.17) is 0 Å². The first-order chi connectivity index (χ1) is 26.0. The van der Waals surface area contributed by atoms with E-state index in [0.717, 1.165) is 5.92 Å². The summed E-state index contributed by atoms with van der Waals surface area (Å²) in [7, 11) is 0. The quantitative estimate of drug-likeness (QED) is 0.161.